The van der Waals surface area contributed by atoms with Crippen molar-refractivity contribution in [2.24, 2.45) is 0 Å². The van der Waals surface area contributed by atoms with Crippen molar-refractivity contribution in [2.75, 3.05) is 20.2 Å². The Morgan fingerprint density at radius 2 is 2.08 bits per heavy atom. The van der Waals surface area contributed by atoms with Gasteiger partial charge in [-0.3, -0.25) is 0 Å². The van der Waals surface area contributed by atoms with Crippen LogP contribution in [0.15, 0.2) is 36.4 Å². The van der Waals surface area contributed by atoms with Crippen LogP contribution in [0.3, 0.4) is 0 Å². The number of hydrogen-bond donors (Lipinski definition) is 1. The number of benzene rings is 2. The van der Waals surface area contributed by atoms with Gasteiger partial charge in [-0.05, 0) is 47.7 Å². The molecule has 0 aliphatic carbocycles. The standard InChI is InChI=1S/C20H24N2O2/c1-4-15-11-16(18-8-6-5-7-14(18)2)12-17-13-22(20(23)21-3)9-10-24-19(15)17/h5-8,11-12H,4,9-10,13H2,1-3H3,(H,21,23). The third-order valence-corrected chi connectivity index (χ3v) is 4.55. The summed E-state index contributed by atoms with van der Waals surface area (Å²) in [5, 5.41) is 2.71. The maximum atomic E-state index is 12.1. The molecule has 1 N–H and O–H groups in total. The first-order valence-electron chi connectivity index (χ1n) is 8.45. The number of fused-ring (bicyclic) bond motifs is 1. The molecule has 2 aromatic rings. The van der Waals surface area contributed by atoms with Gasteiger partial charge in [0.25, 0.3) is 0 Å². The number of ether oxygens (including phenoxy) is 1. The molecule has 0 spiro atoms. The third-order valence-electron chi connectivity index (χ3n) is 4.55. The monoisotopic (exact) mass is 324 g/mol. The summed E-state index contributed by atoms with van der Waals surface area (Å²) in [6.07, 6.45) is 0.905. The van der Waals surface area contributed by atoms with Crippen molar-refractivity contribution in [1.29, 1.82) is 0 Å². The fourth-order valence-corrected chi connectivity index (χ4v) is 3.25. The van der Waals surface area contributed by atoms with E-state index >= 15 is 0 Å². The fourth-order valence-electron chi connectivity index (χ4n) is 3.25. The molecular formula is C20H24N2O2. The van der Waals surface area contributed by atoms with E-state index in [0.717, 1.165) is 17.7 Å². The van der Waals surface area contributed by atoms with Crippen molar-refractivity contribution >= 4 is 6.03 Å². The maximum absolute atomic E-state index is 12.1. The van der Waals surface area contributed by atoms with Crippen LogP contribution in [0.4, 0.5) is 4.79 Å². The predicted molar refractivity (Wildman–Crippen MR) is 96.4 cm³/mol. The molecule has 0 radical (unpaired) electrons. The molecular weight excluding hydrogens is 300 g/mol. The Balaban J connectivity index is 2.08. The summed E-state index contributed by atoms with van der Waals surface area (Å²) >= 11 is 0. The van der Waals surface area contributed by atoms with Crippen LogP contribution < -0.4 is 10.1 Å². The van der Waals surface area contributed by atoms with Gasteiger partial charge in [-0.2, -0.15) is 0 Å². The second kappa shape index (κ2) is 6.95. The average molecular weight is 324 g/mol. The Morgan fingerprint density at radius 3 is 2.79 bits per heavy atom. The highest BCUT2D eigenvalue weighted by molar-refractivity contribution is 5.75. The van der Waals surface area contributed by atoms with Crippen LogP contribution in [0.25, 0.3) is 11.1 Å². The Labute approximate surface area is 143 Å². The van der Waals surface area contributed by atoms with E-state index in [1.165, 1.54) is 22.3 Å². The molecule has 0 fully saturated rings. The van der Waals surface area contributed by atoms with E-state index < -0.39 is 0 Å². The van der Waals surface area contributed by atoms with Gasteiger partial charge in [-0.25, -0.2) is 4.79 Å². The van der Waals surface area contributed by atoms with Gasteiger partial charge in [-0.15, -0.1) is 0 Å². The first kappa shape index (κ1) is 16.4. The molecule has 1 aliphatic heterocycles. The first-order valence-corrected chi connectivity index (χ1v) is 8.45. The Hall–Kier alpha value is -2.49. The zero-order valence-corrected chi connectivity index (χ0v) is 14.6. The summed E-state index contributed by atoms with van der Waals surface area (Å²) in [7, 11) is 1.66. The minimum absolute atomic E-state index is 0.0641. The van der Waals surface area contributed by atoms with E-state index in [1.807, 2.05) is 0 Å². The molecule has 0 saturated carbocycles. The Morgan fingerprint density at radius 1 is 1.29 bits per heavy atom. The lowest BCUT2D eigenvalue weighted by Gasteiger charge is -2.20. The summed E-state index contributed by atoms with van der Waals surface area (Å²) in [4.78, 5) is 13.9. The number of nitrogens with zero attached hydrogens (tertiary/aromatic N) is 1. The molecule has 3 rings (SSSR count). The highest BCUT2D eigenvalue weighted by Crippen LogP contribution is 2.34. The number of aryl methyl sites for hydroxylation is 2. The molecule has 0 bridgehead atoms. The lowest BCUT2D eigenvalue weighted by molar-refractivity contribution is 0.189. The van der Waals surface area contributed by atoms with E-state index in [0.29, 0.717) is 19.7 Å². The third kappa shape index (κ3) is 3.09. The van der Waals surface area contributed by atoms with E-state index in [-0.39, 0.29) is 6.03 Å². The first-order chi connectivity index (χ1) is 11.6. The fraction of sp³-hybridized carbons (Fsp3) is 0.350. The summed E-state index contributed by atoms with van der Waals surface area (Å²) in [5.41, 5.74) is 5.94. The topological polar surface area (TPSA) is 41.6 Å². The van der Waals surface area contributed by atoms with Gasteiger partial charge in [0.2, 0.25) is 0 Å². The molecule has 0 saturated heterocycles. The average Bonchev–Trinajstić information content (AvgIpc) is 2.83. The molecule has 0 aromatic heterocycles. The maximum Gasteiger partial charge on any atom is 0.317 e. The summed E-state index contributed by atoms with van der Waals surface area (Å²) in [5.74, 6) is 0.946. The van der Waals surface area contributed by atoms with Gasteiger partial charge >= 0.3 is 6.03 Å². The van der Waals surface area contributed by atoms with Crippen molar-refractivity contribution < 1.29 is 9.53 Å². The summed E-state index contributed by atoms with van der Waals surface area (Å²) < 4.78 is 5.99. The van der Waals surface area contributed by atoms with Crippen LogP contribution in [0, 0.1) is 6.92 Å². The van der Waals surface area contributed by atoms with Crippen molar-refractivity contribution in [3.05, 3.63) is 53.1 Å². The van der Waals surface area contributed by atoms with E-state index in [9.17, 15) is 4.79 Å². The zero-order valence-electron chi connectivity index (χ0n) is 14.6. The molecule has 2 amide bonds. The molecule has 24 heavy (non-hydrogen) atoms. The highest BCUT2D eigenvalue weighted by atomic mass is 16.5. The van der Waals surface area contributed by atoms with E-state index in [4.69, 9.17) is 4.74 Å². The van der Waals surface area contributed by atoms with Gasteiger partial charge < -0.3 is 15.0 Å². The van der Waals surface area contributed by atoms with Gasteiger partial charge in [0, 0.05) is 12.6 Å². The van der Waals surface area contributed by atoms with Crippen LogP contribution in [0.5, 0.6) is 5.75 Å². The van der Waals surface area contributed by atoms with E-state index in [1.54, 1.807) is 11.9 Å². The highest BCUT2D eigenvalue weighted by Gasteiger charge is 2.22. The number of carbonyl (C=O) groups is 1. The number of hydrogen-bond acceptors (Lipinski definition) is 2. The number of amides is 2. The van der Waals surface area contributed by atoms with Gasteiger partial charge in [0.15, 0.2) is 0 Å². The second-order valence-electron chi connectivity index (χ2n) is 6.12. The number of urea groups is 1. The van der Waals surface area contributed by atoms with E-state index in [2.05, 4.69) is 55.6 Å². The zero-order chi connectivity index (χ0) is 17.1. The van der Waals surface area contributed by atoms with Crippen molar-refractivity contribution in [3.63, 3.8) is 0 Å². The molecule has 0 unspecified atom stereocenters. The van der Waals surface area contributed by atoms with Crippen molar-refractivity contribution in [2.45, 2.75) is 26.8 Å². The molecule has 1 aliphatic rings. The predicted octanol–water partition coefficient (Wildman–Crippen LogP) is 3.76. The summed E-state index contributed by atoms with van der Waals surface area (Å²) in [6, 6.07) is 12.7. The number of nitrogens with one attached hydrogen (secondary N) is 1. The van der Waals surface area contributed by atoms with Crippen LogP contribution in [-0.4, -0.2) is 31.1 Å². The lowest BCUT2D eigenvalue weighted by Crippen LogP contribution is -2.38. The second-order valence-corrected chi connectivity index (χ2v) is 6.12. The van der Waals surface area contributed by atoms with Crippen LogP contribution in [0.1, 0.15) is 23.6 Å². The van der Waals surface area contributed by atoms with Gasteiger partial charge in [0.05, 0.1) is 13.1 Å². The molecule has 4 nitrogen and oxygen atoms in total. The minimum Gasteiger partial charge on any atom is -0.491 e. The van der Waals surface area contributed by atoms with Crippen LogP contribution in [0.2, 0.25) is 0 Å². The number of carbonyl (C=O) groups excluding carboxylic acids is 1. The minimum atomic E-state index is -0.0641. The number of rotatable bonds is 2. The Kier molecular flexibility index (Phi) is 4.74. The lowest BCUT2D eigenvalue weighted by atomic mass is 9.95. The molecule has 0 atom stereocenters. The van der Waals surface area contributed by atoms with Crippen molar-refractivity contribution in [1.82, 2.24) is 10.2 Å². The molecule has 2 aromatic carbocycles. The van der Waals surface area contributed by atoms with Gasteiger partial charge in [-0.1, -0.05) is 31.2 Å². The quantitative estimate of drug-likeness (QED) is 0.914. The SMILES string of the molecule is CCc1cc(-c2ccccc2C)cc2c1OCCN(C(=O)NC)C2. The smallest absolute Gasteiger partial charge is 0.317 e. The van der Waals surface area contributed by atoms with Gasteiger partial charge in [0.1, 0.15) is 12.4 Å². The van der Waals surface area contributed by atoms with Crippen LogP contribution in [-0.2, 0) is 13.0 Å². The van der Waals surface area contributed by atoms with Crippen molar-refractivity contribution in [3.8, 4) is 16.9 Å². The molecule has 4 heteroatoms. The molecule has 1 heterocycles. The normalized spacial score (nSPS) is 13.7. The molecule has 126 valence electrons. The van der Waals surface area contributed by atoms with Crippen LogP contribution >= 0.6 is 0 Å². The largest absolute Gasteiger partial charge is 0.491 e. The Bertz CT molecular complexity index is 755. The summed E-state index contributed by atoms with van der Waals surface area (Å²) in [6.45, 7) is 5.96.